The topological polar surface area (TPSA) is 253 Å². The highest BCUT2D eigenvalue weighted by molar-refractivity contribution is 5.97. The highest BCUT2D eigenvalue weighted by atomic mass is 16.3. The van der Waals surface area contributed by atoms with Crippen LogP contribution in [0.15, 0.2) is 24.3 Å². The van der Waals surface area contributed by atoms with E-state index in [-0.39, 0.29) is 57.5 Å². The molecule has 17 heteroatoms. The van der Waals surface area contributed by atoms with E-state index in [4.69, 9.17) is 5.73 Å². The Kier molecular flexibility index (Phi) is 14.3. The lowest BCUT2D eigenvalue weighted by Crippen LogP contribution is -2.61. The Morgan fingerprint density at radius 3 is 2.04 bits per heavy atom. The molecule has 3 heterocycles. The predicted molar refractivity (Wildman–Crippen MR) is 187 cm³/mol. The number of primary amides is 1. The molecule has 52 heavy (non-hydrogen) atoms. The summed E-state index contributed by atoms with van der Waals surface area (Å²) in [6.07, 6.45) is 0.465. The zero-order chi connectivity index (χ0) is 37.9. The number of aliphatic hydroxyl groups is 1. The van der Waals surface area contributed by atoms with Crippen LogP contribution in [-0.2, 0) is 40.0 Å². The van der Waals surface area contributed by atoms with E-state index in [1.54, 1.807) is 26.1 Å². The van der Waals surface area contributed by atoms with E-state index >= 15 is 0 Å². The van der Waals surface area contributed by atoms with Crippen LogP contribution in [0, 0.1) is 0 Å². The predicted octanol–water partition coefficient (Wildman–Crippen LogP) is -2.09. The second-order valence-corrected chi connectivity index (χ2v) is 13.6. The van der Waals surface area contributed by atoms with Gasteiger partial charge in [-0.1, -0.05) is 19.1 Å². The Balaban J connectivity index is 1.69. The summed E-state index contributed by atoms with van der Waals surface area (Å²) in [5.41, 5.74) is 5.93. The van der Waals surface area contributed by atoms with Crippen molar-refractivity contribution in [2.45, 2.75) is 113 Å². The van der Waals surface area contributed by atoms with Crippen molar-refractivity contribution >= 4 is 41.4 Å². The smallest absolute Gasteiger partial charge is 0.245 e. The van der Waals surface area contributed by atoms with Gasteiger partial charge in [0.05, 0.1) is 12.1 Å². The summed E-state index contributed by atoms with van der Waals surface area (Å²) in [6, 6.07) is -0.540. The number of hydrogen-bond acceptors (Lipinski definition) is 10. The van der Waals surface area contributed by atoms with Crippen LogP contribution in [0.4, 0.5) is 0 Å². The molecule has 6 unspecified atom stereocenters. The van der Waals surface area contributed by atoms with Gasteiger partial charge in [0, 0.05) is 32.5 Å². The van der Waals surface area contributed by atoms with E-state index < -0.39 is 83.7 Å². The molecule has 1 aromatic rings. The zero-order valence-corrected chi connectivity index (χ0v) is 29.8. The molecule has 0 bridgehead atoms. The minimum atomic E-state index is -1.63. The highest BCUT2D eigenvalue weighted by Crippen LogP contribution is 2.22. The van der Waals surface area contributed by atoms with Crippen molar-refractivity contribution in [3.8, 4) is 5.75 Å². The molecular weight excluding hydrogens is 676 g/mol. The van der Waals surface area contributed by atoms with Gasteiger partial charge in [0.1, 0.15) is 36.0 Å². The molecule has 0 radical (unpaired) electrons. The third-order valence-electron chi connectivity index (χ3n) is 9.97. The van der Waals surface area contributed by atoms with Gasteiger partial charge >= 0.3 is 0 Å². The van der Waals surface area contributed by atoms with Gasteiger partial charge in [0.25, 0.3) is 0 Å². The van der Waals surface area contributed by atoms with Crippen LogP contribution < -0.4 is 32.3 Å². The lowest BCUT2D eigenvalue weighted by molar-refractivity contribution is -0.144. The number of aromatic hydroxyl groups is 1. The lowest BCUT2D eigenvalue weighted by Gasteiger charge is -2.32. The Morgan fingerprint density at radius 2 is 1.44 bits per heavy atom. The minimum Gasteiger partial charge on any atom is -0.508 e. The molecule has 9 N–H and O–H groups in total. The molecule has 7 atom stereocenters. The average molecular weight is 729 g/mol. The van der Waals surface area contributed by atoms with Gasteiger partial charge in [-0.3, -0.25) is 33.6 Å². The van der Waals surface area contributed by atoms with Crippen LogP contribution in [0.1, 0.15) is 70.3 Å². The van der Waals surface area contributed by atoms with Crippen LogP contribution in [0.3, 0.4) is 0 Å². The number of phenols is 1. The molecule has 4 rings (SSSR count). The van der Waals surface area contributed by atoms with E-state index in [1.807, 2.05) is 0 Å². The zero-order valence-electron chi connectivity index (χ0n) is 29.8. The van der Waals surface area contributed by atoms with E-state index in [9.17, 15) is 43.8 Å². The third kappa shape index (κ3) is 10.2. The normalized spacial score (nSPS) is 27.8. The van der Waals surface area contributed by atoms with Crippen LogP contribution >= 0.6 is 0 Å². The first-order chi connectivity index (χ1) is 24.8. The maximum Gasteiger partial charge on any atom is 0.245 e. The van der Waals surface area contributed by atoms with E-state index in [2.05, 4.69) is 26.6 Å². The van der Waals surface area contributed by atoms with E-state index in [0.29, 0.717) is 37.7 Å². The van der Waals surface area contributed by atoms with Crippen molar-refractivity contribution in [2.75, 3.05) is 26.7 Å². The fourth-order valence-corrected chi connectivity index (χ4v) is 7.04. The van der Waals surface area contributed by atoms with Crippen molar-refractivity contribution in [3.05, 3.63) is 29.8 Å². The van der Waals surface area contributed by atoms with Crippen LogP contribution in [0.5, 0.6) is 5.75 Å². The lowest BCUT2D eigenvalue weighted by atomic mass is 9.99. The maximum atomic E-state index is 14.0. The van der Waals surface area contributed by atoms with Gasteiger partial charge < -0.3 is 52.3 Å². The molecular formula is C35H52N8O9. The number of phenolic OH excluding ortho intramolecular Hbond substituents is 1. The summed E-state index contributed by atoms with van der Waals surface area (Å²) in [5.74, 6) is -4.29. The van der Waals surface area contributed by atoms with Crippen molar-refractivity contribution < 1.29 is 43.8 Å². The summed E-state index contributed by atoms with van der Waals surface area (Å²) in [4.78, 5) is 96.8. The summed E-state index contributed by atoms with van der Waals surface area (Å²) < 4.78 is 0. The first-order valence-electron chi connectivity index (χ1n) is 18.1. The van der Waals surface area contributed by atoms with Crippen LogP contribution in [0.25, 0.3) is 0 Å². The van der Waals surface area contributed by atoms with Gasteiger partial charge in [-0.05, 0) is 76.1 Å². The van der Waals surface area contributed by atoms with Crippen LogP contribution in [-0.4, -0.2) is 130 Å². The quantitative estimate of drug-likeness (QED) is 0.145. The number of rotatable bonds is 8. The van der Waals surface area contributed by atoms with Gasteiger partial charge in [-0.2, -0.15) is 0 Å². The van der Waals surface area contributed by atoms with Crippen molar-refractivity contribution in [3.63, 3.8) is 0 Å². The fourth-order valence-electron chi connectivity index (χ4n) is 7.04. The number of nitrogens with one attached hydrogen (secondary N) is 5. The maximum absolute atomic E-state index is 14.0. The Labute approximate surface area is 302 Å². The number of amides is 7. The summed E-state index contributed by atoms with van der Waals surface area (Å²) in [7, 11) is 1.62. The van der Waals surface area contributed by atoms with Gasteiger partial charge in [-0.25, -0.2) is 0 Å². The van der Waals surface area contributed by atoms with Crippen molar-refractivity contribution in [1.29, 1.82) is 0 Å². The number of benzene rings is 1. The minimum absolute atomic E-state index is 0.0128. The molecule has 0 aliphatic carbocycles. The van der Waals surface area contributed by atoms with E-state index in [0.717, 1.165) is 0 Å². The second kappa shape index (κ2) is 18.6. The molecule has 0 saturated carbocycles. The average Bonchev–Trinajstić information content (AvgIpc) is 3.82. The SMILES string of the molecule is CCC1NC(=O)C(NC)CCCNC(=O)[C@@H]2CCCN2C(=O)C(CCC(N)=O)NC(=O)C(C(O)Cc2ccc(O)cc2)NC(=O)C2CCCN2C1=O. The van der Waals surface area contributed by atoms with Gasteiger partial charge in [0.2, 0.25) is 41.4 Å². The van der Waals surface area contributed by atoms with Crippen molar-refractivity contribution in [2.24, 2.45) is 5.73 Å². The van der Waals surface area contributed by atoms with E-state index in [1.165, 1.54) is 21.9 Å². The highest BCUT2D eigenvalue weighted by Gasteiger charge is 2.42. The molecule has 3 fully saturated rings. The standard InChI is InChI=1S/C35H52N8O9/c1-3-22-34(51)43-18-6-9-26(43)32(49)41-29(27(45)19-20-10-12-21(44)13-11-20)33(50)40-24(14-15-28(36)46)35(52)42-17-5-8-25(42)31(48)38-16-4-7-23(37-2)30(47)39-22/h10-13,22-27,29,37,44-45H,3-9,14-19H2,1-2H3,(H2,36,46)(H,38,48)(H,39,47)(H,40,50)(H,41,49)/t22?,23?,24?,25-,26?,27?,29?/m0/s1. The molecule has 0 spiro atoms. The number of aliphatic hydroxyl groups excluding tert-OH is 1. The summed E-state index contributed by atoms with van der Waals surface area (Å²) in [6.45, 7) is 2.40. The Bertz CT molecular complexity index is 1470. The van der Waals surface area contributed by atoms with Gasteiger partial charge in [0.15, 0.2) is 0 Å². The molecule has 7 amide bonds. The second-order valence-electron chi connectivity index (χ2n) is 13.6. The number of carbonyl (C=O) groups excluding carboxylic acids is 7. The number of nitrogens with two attached hydrogens (primary N) is 1. The molecule has 0 aromatic heterocycles. The van der Waals surface area contributed by atoms with Gasteiger partial charge in [-0.15, -0.1) is 0 Å². The number of hydrogen-bond donors (Lipinski definition) is 8. The first kappa shape index (κ1) is 40.0. The monoisotopic (exact) mass is 728 g/mol. The number of likely N-dealkylation sites (N-methyl/N-ethyl adjacent to an activating group) is 1. The third-order valence-corrected chi connectivity index (χ3v) is 9.97. The first-order valence-corrected chi connectivity index (χ1v) is 18.1. The molecule has 17 nitrogen and oxygen atoms in total. The molecule has 3 aliphatic rings. The summed E-state index contributed by atoms with van der Waals surface area (Å²) in [5, 5.41) is 35.0. The molecule has 286 valence electrons. The molecule has 1 aromatic carbocycles. The van der Waals surface area contributed by atoms with Crippen molar-refractivity contribution in [1.82, 2.24) is 36.4 Å². The largest absolute Gasteiger partial charge is 0.508 e. The molecule has 3 saturated heterocycles. The fraction of sp³-hybridized carbons (Fsp3) is 0.629. The Morgan fingerprint density at radius 1 is 0.846 bits per heavy atom. The van der Waals surface area contributed by atoms with Crippen LogP contribution in [0.2, 0.25) is 0 Å². The Hall–Kier alpha value is -4.77. The summed E-state index contributed by atoms with van der Waals surface area (Å²) >= 11 is 0. The number of carbonyl (C=O) groups is 7. The number of fused-ring (bicyclic) bond motifs is 2. The molecule has 3 aliphatic heterocycles. The number of nitrogens with zero attached hydrogens (tertiary/aromatic N) is 2.